The Kier molecular flexibility index (Phi) is 5.07. The van der Waals surface area contributed by atoms with Crippen LogP contribution in [0.25, 0.3) is 11.3 Å². The fraction of sp³-hybridized carbons (Fsp3) is 0.524. The molecular formula is C21H29N5. The quantitative estimate of drug-likeness (QED) is 0.849. The van der Waals surface area contributed by atoms with Crippen molar-refractivity contribution in [3.05, 3.63) is 36.4 Å². The average molecular weight is 351 g/mol. The third kappa shape index (κ3) is 3.83. The van der Waals surface area contributed by atoms with Gasteiger partial charge >= 0.3 is 0 Å². The molecule has 0 bridgehead atoms. The molecular weight excluding hydrogens is 322 g/mol. The smallest absolute Gasteiger partial charge is 0.227 e. The maximum atomic E-state index is 4.98. The number of piperazine rings is 1. The van der Waals surface area contributed by atoms with E-state index in [0.29, 0.717) is 0 Å². The number of hydrogen-bond acceptors (Lipinski definition) is 5. The molecule has 0 spiro atoms. The van der Waals surface area contributed by atoms with Crippen molar-refractivity contribution in [2.75, 3.05) is 56.1 Å². The number of benzene rings is 1. The summed E-state index contributed by atoms with van der Waals surface area (Å²) in [6, 6.07) is 12.7. The van der Waals surface area contributed by atoms with Gasteiger partial charge in [0.2, 0.25) is 5.95 Å². The third-order valence-electron chi connectivity index (χ3n) is 5.66. The number of piperidine rings is 1. The van der Waals surface area contributed by atoms with E-state index in [9.17, 15) is 0 Å². The Labute approximate surface area is 156 Å². The van der Waals surface area contributed by atoms with E-state index in [1.165, 1.54) is 12.8 Å². The van der Waals surface area contributed by atoms with Gasteiger partial charge in [0.05, 0.1) is 5.69 Å². The van der Waals surface area contributed by atoms with E-state index >= 15 is 0 Å². The second-order valence-electron chi connectivity index (χ2n) is 7.74. The highest BCUT2D eigenvalue weighted by Gasteiger charge is 2.22. The molecule has 2 saturated heterocycles. The summed E-state index contributed by atoms with van der Waals surface area (Å²) in [4.78, 5) is 17.0. The molecule has 0 atom stereocenters. The van der Waals surface area contributed by atoms with Crippen LogP contribution in [0.2, 0.25) is 0 Å². The molecule has 1 aromatic heterocycles. The Morgan fingerprint density at radius 1 is 0.846 bits per heavy atom. The zero-order chi connectivity index (χ0) is 17.9. The summed E-state index contributed by atoms with van der Waals surface area (Å²) in [5.41, 5.74) is 2.19. The first kappa shape index (κ1) is 17.3. The van der Waals surface area contributed by atoms with Crippen LogP contribution < -0.4 is 9.80 Å². The average Bonchev–Trinajstić information content (AvgIpc) is 2.69. The summed E-state index contributed by atoms with van der Waals surface area (Å²) in [6.45, 7) is 8.65. The highest BCUT2D eigenvalue weighted by molar-refractivity contribution is 5.65. The second kappa shape index (κ2) is 7.62. The van der Waals surface area contributed by atoms with Crippen molar-refractivity contribution in [1.82, 2.24) is 14.9 Å². The van der Waals surface area contributed by atoms with Crippen LogP contribution in [0.4, 0.5) is 11.8 Å². The predicted octanol–water partition coefficient (Wildman–Crippen LogP) is 3.13. The van der Waals surface area contributed by atoms with E-state index in [4.69, 9.17) is 9.97 Å². The van der Waals surface area contributed by atoms with Gasteiger partial charge in [-0.2, -0.15) is 4.98 Å². The molecule has 3 heterocycles. The zero-order valence-electron chi connectivity index (χ0n) is 15.9. The van der Waals surface area contributed by atoms with Crippen LogP contribution in [0, 0.1) is 5.92 Å². The Balaban J connectivity index is 1.67. The van der Waals surface area contributed by atoms with Gasteiger partial charge in [0.1, 0.15) is 5.82 Å². The number of rotatable bonds is 3. The van der Waals surface area contributed by atoms with Crippen molar-refractivity contribution in [2.45, 2.75) is 19.8 Å². The molecule has 2 aliphatic rings. The molecule has 0 unspecified atom stereocenters. The van der Waals surface area contributed by atoms with E-state index in [1.54, 1.807) is 0 Å². The van der Waals surface area contributed by atoms with Gasteiger partial charge < -0.3 is 14.7 Å². The minimum absolute atomic E-state index is 0.818. The fourth-order valence-electron chi connectivity index (χ4n) is 3.73. The van der Waals surface area contributed by atoms with Crippen molar-refractivity contribution in [3.63, 3.8) is 0 Å². The first-order chi connectivity index (χ1) is 12.7. The summed E-state index contributed by atoms with van der Waals surface area (Å²) in [6.07, 6.45) is 2.49. The van der Waals surface area contributed by atoms with Gasteiger partial charge in [0.15, 0.2) is 0 Å². The van der Waals surface area contributed by atoms with Crippen LogP contribution in [0.5, 0.6) is 0 Å². The van der Waals surface area contributed by atoms with Crippen molar-refractivity contribution in [3.8, 4) is 11.3 Å². The highest BCUT2D eigenvalue weighted by Crippen LogP contribution is 2.28. The van der Waals surface area contributed by atoms with Crippen molar-refractivity contribution < 1.29 is 0 Å². The molecule has 0 radical (unpaired) electrons. The first-order valence-corrected chi connectivity index (χ1v) is 9.82. The molecule has 26 heavy (non-hydrogen) atoms. The maximum absolute atomic E-state index is 4.98. The van der Waals surface area contributed by atoms with Crippen molar-refractivity contribution in [2.24, 2.45) is 5.92 Å². The molecule has 2 fully saturated rings. The lowest BCUT2D eigenvalue weighted by Crippen LogP contribution is -2.45. The van der Waals surface area contributed by atoms with Gasteiger partial charge in [-0.3, -0.25) is 0 Å². The molecule has 2 aromatic rings. The van der Waals surface area contributed by atoms with Crippen molar-refractivity contribution in [1.29, 1.82) is 0 Å². The number of nitrogens with zero attached hydrogens (tertiary/aromatic N) is 5. The second-order valence-corrected chi connectivity index (χ2v) is 7.74. The normalized spacial score (nSPS) is 19.8. The fourth-order valence-corrected chi connectivity index (χ4v) is 3.73. The molecule has 0 saturated carbocycles. The van der Waals surface area contributed by atoms with E-state index in [0.717, 1.165) is 68.2 Å². The van der Waals surface area contributed by atoms with Crippen LogP contribution in [0.1, 0.15) is 19.8 Å². The van der Waals surface area contributed by atoms with E-state index in [1.807, 2.05) is 0 Å². The molecule has 5 heteroatoms. The lowest BCUT2D eigenvalue weighted by atomic mass is 9.99. The monoisotopic (exact) mass is 351 g/mol. The highest BCUT2D eigenvalue weighted by atomic mass is 15.3. The van der Waals surface area contributed by atoms with Gasteiger partial charge in [0.25, 0.3) is 0 Å². The number of anilines is 2. The topological polar surface area (TPSA) is 35.5 Å². The molecule has 138 valence electrons. The van der Waals surface area contributed by atoms with E-state index in [-0.39, 0.29) is 0 Å². The van der Waals surface area contributed by atoms with Crippen molar-refractivity contribution >= 4 is 11.8 Å². The van der Waals surface area contributed by atoms with E-state index in [2.05, 4.69) is 65.1 Å². The van der Waals surface area contributed by atoms with Crippen LogP contribution in [0.15, 0.2) is 36.4 Å². The standard InChI is InChI=1S/C21H29N5/c1-17-8-10-25(11-9-17)20-16-19(18-6-4-3-5-7-18)22-21(23-20)26-14-12-24(2)13-15-26/h3-7,16-17H,8-15H2,1-2H3. The molecule has 0 amide bonds. The maximum Gasteiger partial charge on any atom is 0.227 e. The van der Waals surface area contributed by atoms with Gasteiger partial charge in [-0.25, -0.2) is 4.98 Å². The van der Waals surface area contributed by atoms with Gasteiger partial charge in [0, 0.05) is 50.9 Å². The summed E-state index contributed by atoms with van der Waals surface area (Å²) in [5, 5.41) is 0. The van der Waals surface area contributed by atoms with Gasteiger partial charge in [-0.05, 0) is 25.8 Å². The zero-order valence-corrected chi connectivity index (χ0v) is 15.9. The molecule has 2 aliphatic heterocycles. The number of likely N-dealkylation sites (N-methyl/N-ethyl adjacent to an activating group) is 1. The largest absolute Gasteiger partial charge is 0.356 e. The van der Waals surface area contributed by atoms with Crippen LogP contribution in [-0.2, 0) is 0 Å². The summed E-state index contributed by atoms with van der Waals surface area (Å²) in [7, 11) is 2.18. The van der Waals surface area contributed by atoms with Crippen LogP contribution in [-0.4, -0.2) is 61.2 Å². The minimum atomic E-state index is 0.818. The molecule has 0 N–H and O–H groups in total. The van der Waals surface area contributed by atoms with Gasteiger partial charge in [-0.1, -0.05) is 37.3 Å². The Morgan fingerprint density at radius 2 is 1.54 bits per heavy atom. The van der Waals surface area contributed by atoms with Crippen LogP contribution in [0.3, 0.4) is 0 Å². The molecule has 0 aliphatic carbocycles. The lowest BCUT2D eigenvalue weighted by molar-refractivity contribution is 0.311. The SMILES string of the molecule is CC1CCN(c2cc(-c3ccccc3)nc(N3CCN(C)CC3)n2)CC1. The Bertz CT molecular complexity index is 676. The Morgan fingerprint density at radius 3 is 2.23 bits per heavy atom. The summed E-state index contributed by atoms with van der Waals surface area (Å²) in [5.74, 6) is 2.78. The first-order valence-electron chi connectivity index (χ1n) is 9.82. The summed E-state index contributed by atoms with van der Waals surface area (Å²) < 4.78 is 0. The third-order valence-corrected chi connectivity index (χ3v) is 5.66. The molecule has 4 rings (SSSR count). The molecule has 5 nitrogen and oxygen atoms in total. The summed E-state index contributed by atoms with van der Waals surface area (Å²) >= 11 is 0. The lowest BCUT2D eigenvalue weighted by Gasteiger charge is -2.34. The predicted molar refractivity (Wildman–Crippen MR) is 108 cm³/mol. The van der Waals surface area contributed by atoms with Gasteiger partial charge in [-0.15, -0.1) is 0 Å². The van der Waals surface area contributed by atoms with E-state index < -0.39 is 0 Å². The number of aromatic nitrogens is 2. The minimum Gasteiger partial charge on any atom is -0.356 e. The molecule has 1 aromatic carbocycles. The Hall–Kier alpha value is -2.14. The number of hydrogen-bond donors (Lipinski definition) is 0. The van der Waals surface area contributed by atoms with Crippen LogP contribution >= 0.6 is 0 Å².